The fourth-order valence-corrected chi connectivity index (χ4v) is 2.74. The van der Waals surface area contributed by atoms with Crippen LogP contribution in [0.3, 0.4) is 0 Å². The van der Waals surface area contributed by atoms with E-state index in [2.05, 4.69) is 21.3 Å². The molecular weight excluding hydrogens is 345 g/mol. The summed E-state index contributed by atoms with van der Waals surface area (Å²) in [5, 5.41) is 20.3. The number of halogens is 2. The zero-order valence-corrected chi connectivity index (χ0v) is 14.4. The second-order valence-electron chi connectivity index (χ2n) is 5.39. The molecule has 2 aromatic rings. The van der Waals surface area contributed by atoms with Crippen LogP contribution in [0.4, 0.5) is 11.4 Å². The van der Waals surface area contributed by atoms with Crippen LogP contribution in [-0.2, 0) is 0 Å². The normalized spacial score (nSPS) is 14.9. The van der Waals surface area contributed by atoms with Crippen molar-refractivity contribution < 1.29 is 0 Å². The quantitative estimate of drug-likeness (QED) is 0.747. The average molecular weight is 360 g/mol. The summed E-state index contributed by atoms with van der Waals surface area (Å²) in [7, 11) is 0. The Morgan fingerprint density at radius 3 is 2.25 bits per heavy atom. The molecule has 0 amide bonds. The second kappa shape index (κ2) is 7.52. The van der Waals surface area contributed by atoms with Crippen LogP contribution in [0, 0.1) is 11.3 Å². The Hall–Kier alpha value is -2.29. The molecule has 1 aliphatic rings. The fraction of sp³-hybridized carbons (Fsp3) is 0.235. The standard InChI is InChI=1S/C17H15Cl2N5/c18-16-6-5-15(11-17(16)19)23-7-9-24(10-8-23)22-21-14-3-1-13(12-20)2-4-14/h1-6,11H,7-10H2/b22-21+. The lowest BCUT2D eigenvalue weighted by atomic mass is 10.2. The zero-order valence-electron chi connectivity index (χ0n) is 12.9. The largest absolute Gasteiger partial charge is 0.368 e. The molecule has 7 heteroatoms. The van der Waals surface area contributed by atoms with Gasteiger partial charge in [-0.15, -0.1) is 5.11 Å². The van der Waals surface area contributed by atoms with E-state index >= 15 is 0 Å². The van der Waals surface area contributed by atoms with E-state index in [1.54, 1.807) is 24.3 Å². The molecule has 1 heterocycles. The number of hydrogen-bond donors (Lipinski definition) is 0. The van der Waals surface area contributed by atoms with E-state index in [0.717, 1.165) is 37.6 Å². The second-order valence-corrected chi connectivity index (χ2v) is 6.20. The lowest BCUT2D eigenvalue weighted by Crippen LogP contribution is -2.43. The average Bonchev–Trinajstić information content (AvgIpc) is 2.63. The van der Waals surface area contributed by atoms with E-state index in [0.29, 0.717) is 15.6 Å². The smallest absolute Gasteiger partial charge is 0.0991 e. The van der Waals surface area contributed by atoms with Crippen molar-refractivity contribution in [2.75, 3.05) is 31.1 Å². The molecule has 0 N–H and O–H groups in total. The Kier molecular flexibility index (Phi) is 5.19. The van der Waals surface area contributed by atoms with Gasteiger partial charge in [-0.2, -0.15) is 5.26 Å². The van der Waals surface area contributed by atoms with Crippen LogP contribution in [0.1, 0.15) is 5.56 Å². The number of nitrogens with zero attached hydrogens (tertiary/aromatic N) is 5. The molecule has 24 heavy (non-hydrogen) atoms. The molecule has 0 atom stereocenters. The molecular formula is C17H15Cl2N5. The topological polar surface area (TPSA) is 55.0 Å². The zero-order chi connectivity index (χ0) is 16.9. The van der Waals surface area contributed by atoms with Gasteiger partial charge >= 0.3 is 0 Å². The first-order chi connectivity index (χ1) is 11.7. The van der Waals surface area contributed by atoms with Crippen LogP contribution in [0.2, 0.25) is 10.0 Å². The highest BCUT2D eigenvalue weighted by molar-refractivity contribution is 6.42. The minimum Gasteiger partial charge on any atom is -0.368 e. The molecule has 0 bridgehead atoms. The molecule has 1 aliphatic heterocycles. The lowest BCUT2D eigenvalue weighted by Gasteiger charge is -2.34. The highest BCUT2D eigenvalue weighted by atomic mass is 35.5. The predicted molar refractivity (Wildman–Crippen MR) is 95.9 cm³/mol. The highest BCUT2D eigenvalue weighted by Gasteiger charge is 2.16. The molecule has 0 aromatic heterocycles. The molecule has 0 unspecified atom stereocenters. The number of hydrogen-bond acceptors (Lipinski definition) is 4. The minimum atomic E-state index is 0.565. The van der Waals surface area contributed by atoms with Gasteiger partial charge in [0.25, 0.3) is 0 Å². The summed E-state index contributed by atoms with van der Waals surface area (Å²) in [6, 6.07) is 14.8. The van der Waals surface area contributed by atoms with Gasteiger partial charge in [0, 0.05) is 18.8 Å². The van der Waals surface area contributed by atoms with E-state index in [1.165, 1.54) is 0 Å². The fourth-order valence-electron chi connectivity index (χ4n) is 2.44. The summed E-state index contributed by atoms with van der Waals surface area (Å²) in [4.78, 5) is 2.25. The van der Waals surface area contributed by atoms with Crippen molar-refractivity contribution >= 4 is 34.6 Å². The van der Waals surface area contributed by atoms with E-state index in [1.807, 2.05) is 23.2 Å². The monoisotopic (exact) mass is 359 g/mol. The summed E-state index contributed by atoms with van der Waals surface area (Å²) in [6.07, 6.45) is 0. The third-order valence-electron chi connectivity index (χ3n) is 3.81. The summed E-state index contributed by atoms with van der Waals surface area (Å²) in [5.74, 6) is 0. The molecule has 0 aliphatic carbocycles. The van der Waals surface area contributed by atoms with Gasteiger partial charge in [-0.1, -0.05) is 28.4 Å². The van der Waals surface area contributed by atoms with Gasteiger partial charge in [-0.25, -0.2) is 0 Å². The first kappa shape index (κ1) is 16.6. The van der Waals surface area contributed by atoms with E-state index in [-0.39, 0.29) is 0 Å². The molecule has 0 saturated carbocycles. The molecule has 122 valence electrons. The summed E-state index contributed by atoms with van der Waals surface area (Å²) in [5.41, 5.74) is 2.41. The number of anilines is 1. The molecule has 1 fully saturated rings. The molecule has 3 rings (SSSR count). The van der Waals surface area contributed by atoms with Crippen molar-refractivity contribution in [3.8, 4) is 6.07 Å². The Morgan fingerprint density at radius 1 is 0.917 bits per heavy atom. The molecule has 2 aromatic carbocycles. The Balaban J connectivity index is 1.57. The summed E-state index contributed by atoms with van der Waals surface area (Å²) < 4.78 is 0. The summed E-state index contributed by atoms with van der Waals surface area (Å²) in [6.45, 7) is 3.23. The van der Waals surface area contributed by atoms with Crippen molar-refractivity contribution in [1.82, 2.24) is 5.01 Å². The van der Waals surface area contributed by atoms with Gasteiger partial charge in [-0.3, -0.25) is 5.01 Å². The van der Waals surface area contributed by atoms with Gasteiger partial charge in [0.15, 0.2) is 0 Å². The first-order valence-electron chi connectivity index (χ1n) is 7.52. The minimum absolute atomic E-state index is 0.565. The van der Waals surface area contributed by atoms with Gasteiger partial charge in [0.2, 0.25) is 0 Å². The maximum atomic E-state index is 8.78. The molecule has 0 spiro atoms. The third kappa shape index (κ3) is 3.97. The number of rotatable bonds is 3. The van der Waals surface area contributed by atoms with Crippen LogP contribution in [0.5, 0.6) is 0 Å². The number of nitriles is 1. The maximum absolute atomic E-state index is 8.78. The maximum Gasteiger partial charge on any atom is 0.0991 e. The number of piperazine rings is 1. The Labute approximate surface area is 150 Å². The third-order valence-corrected chi connectivity index (χ3v) is 4.55. The van der Waals surface area contributed by atoms with E-state index in [9.17, 15) is 0 Å². The van der Waals surface area contributed by atoms with Crippen molar-refractivity contribution in [3.05, 3.63) is 58.1 Å². The van der Waals surface area contributed by atoms with Crippen LogP contribution in [0.15, 0.2) is 52.8 Å². The molecule has 5 nitrogen and oxygen atoms in total. The van der Waals surface area contributed by atoms with Gasteiger partial charge in [0.1, 0.15) is 0 Å². The van der Waals surface area contributed by atoms with Gasteiger partial charge < -0.3 is 4.90 Å². The van der Waals surface area contributed by atoms with Crippen molar-refractivity contribution in [1.29, 1.82) is 5.26 Å². The molecule has 0 radical (unpaired) electrons. The van der Waals surface area contributed by atoms with Crippen LogP contribution in [-0.4, -0.2) is 31.2 Å². The van der Waals surface area contributed by atoms with Crippen molar-refractivity contribution in [2.45, 2.75) is 0 Å². The number of benzene rings is 2. The Bertz CT molecular complexity index is 775. The van der Waals surface area contributed by atoms with Crippen molar-refractivity contribution in [3.63, 3.8) is 0 Å². The molecule has 1 saturated heterocycles. The van der Waals surface area contributed by atoms with Crippen LogP contribution in [0.25, 0.3) is 0 Å². The van der Waals surface area contributed by atoms with E-state index in [4.69, 9.17) is 28.5 Å². The van der Waals surface area contributed by atoms with E-state index < -0.39 is 0 Å². The highest BCUT2D eigenvalue weighted by Crippen LogP contribution is 2.27. The summed E-state index contributed by atoms with van der Waals surface area (Å²) >= 11 is 12.0. The predicted octanol–water partition coefficient (Wildman–Crippen LogP) is 4.69. The van der Waals surface area contributed by atoms with Gasteiger partial charge in [-0.05, 0) is 42.5 Å². The first-order valence-corrected chi connectivity index (χ1v) is 8.28. The van der Waals surface area contributed by atoms with Crippen LogP contribution < -0.4 is 4.90 Å². The van der Waals surface area contributed by atoms with Crippen LogP contribution >= 0.6 is 23.2 Å². The SMILES string of the molecule is N#Cc1ccc(/N=N/N2CCN(c3ccc(Cl)c(Cl)c3)CC2)cc1. The van der Waals surface area contributed by atoms with Gasteiger partial charge in [0.05, 0.1) is 40.5 Å². The van der Waals surface area contributed by atoms with Crippen molar-refractivity contribution in [2.24, 2.45) is 10.3 Å². The Morgan fingerprint density at radius 2 is 1.62 bits per heavy atom. The lowest BCUT2D eigenvalue weighted by molar-refractivity contribution is 0.254.